The number of rotatable bonds is 3. The van der Waals surface area contributed by atoms with Crippen LogP contribution in [0.25, 0.3) is 5.57 Å². The topological polar surface area (TPSA) is 77.0 Å². The zero-order chi connectivity index (χ0) is 19.9. The lowest BCUT2D eigenvalue weighted by Crippen LogP contribution is -2.41. The molecule has 6 nitrogen and oxygen atoms in total. The highest BCUT2D eigenvalue weighted by Gasteiger charge is 2.34. The summed E-state index contributed by atoms with van der Waals surface area (Å²) in [4.78, 5) is 28.8. The molecular weight excluding hydrogens is 363 g/mol. The summed E-state index contributed by atoms with van der Waals surface area (Å²) in [5.74, 6) is -1.19. The Morgan fingerprint density at radius 3 is 2.50 bits per heavy atom. The maximum atomic E-state index is 13.0. The molecule has 0 aliphatic carbocycles. The maximum absolute atomic E-state index is 13.0. The van der Waals surface area contributed by atoms with Gasteiger partial charge in [0.2, 0.25) is 0 Å². The van der Waals surface area contributed by atoms with Crippen LogP contribution in [-0.2, 0) is 14.3 Å². The summed E-state index contributed by atoms with van der Waals surface area (Å²) in [6, 6.07) is 10.2. The van der Waals surface area contributed by atoms with Gasteiger partial charge in [-0.15, -0.1) is 0 Å². The molecule has 0 saturated carbocycles. The van der Waals surface area contributed by atoms with E-state index in [2.05, 4.69) is 10.3 Å². The van der Waals surface area contributed by atoms with Gasteiger partial charge < -0.3 is 14.8 Å². The van der Waals surface area contributed by atoms with Crippen LogP contribution < -0.4 is 15.9 Å². The molecule has 0 unspecified atom stereocenters. The minimum atomic E-state index is -0.784. The first-order valence-electron chi connectivity index (χ1n) is 8.90. The van der Waals surface area contributed by atoms with Gasteiger partial charge in [-0.25, -0.2) is 9.38 Å². The molecule has 2 aromatic carbocycles. The Bertz CT molecular complexity index is 1070. The van der Waals surface area contributed by atoms with Crippen molar-refractivity contribution in [1.82, 2.24) is 0 Å². The number of ether oxygens (including phenoxy) is 2. The van der Waals surface area contributed by atoms with Gasteiger partial charge in [-0.05, 0) is 42.5 Å². The first-order chi connectivity index (χ1) is 13.3. The van der Waals surface area contributed by atoms with E-state index in [1.165, 1.54) is 24.3 Å². The monoisotopic (exact) mass is 382 g/mol. The van der Waals surface area contributed by atoms with E-state index < -0.39 is 18.0 Å². The van der Waals surface area contributed by atoms with E-state index in [1.807, 2.05) is 13.8 Å². The molecule has 0 radical (unpaired) electrons. The molecule has 2 aliphatic rings. The molecule has 2 amide bonds. The predicted octanol–water partition coefficient (Wildman–Crippen LogP) is 1.79. The molecular formula is C21H19FN2O4. The number of nitrogens with one attached hydrogen (secondary N) is 1. The van der Waals surface area contributed by atoms with Crippen molar-refractivity contribution in [1.29, 1.82) is 0 Å². The number of anilines is 1. The van der Waals surface area contributed by atoms with Crippen molar-refractivity contribution < 1.29 is 23.5 Å². The normalized spacial score (nSPS) is 18.5. The van der Waals surface area contributed by atoms with Gasteiger partial charge >= 0.3 is 0 Å². The van der Waals surface area contributed by atoms with Crippen LogP contribution in [0, 0.1) is 11.2 Å². The molecule has 1 fully saturated rings. The Balaban J connectivity index is 1.63. The fourth-order valence-corrected chi connectivity index (χ4v) is 3.10. The molecule has 1 N–H and O–H groups in total. The first-order valence-corrected chi connectivity index (χ1v) is 8.90. The maximum Gasteiger partial charge on any atom is 0.279 e. The van der Waals surface area contributed by atoms with Gasteiger partial charge in [0.1, 0.15) is 5.82 Å². The van der Waals surface area contributed by atoms with Crippen molar-refractivity contribution in [2.45, 2.75) is 20.1 Å². The Morgan fingerprint density at radius 1 is 1.14 bits per heavy atom. The standard InChI is InChI=1S/C21H19FN2O4/c1-21(2)10-27-20(28-11-21)17-15-9-14(7-8-16(15)24-19(17)26)23-18(25)12-3-5-13(22)6-4-12/h3-9,20H,10-11H2,1-2H3,(H,23,25). The number of nitrogens with zero attached hydrogens (tertiary/aromatic N) is 1. The largest absolute Gasteiger partial charge is 0.348 e. The van der Waals surface area contributed by atoms with Crippen LogP contribution in [0.1, 0.15) is 24.2 Å². The summed E-state index contributed by atoms with van der Waals surface area (Å²) in [5.41, 5.74) is 1.03. The summed E-state index contributed by atoms with van der Waals surface area (Å²) >= 11 is 0. The van der Waals surface area contributed by atoms with Crippen LogP contribution in [0.5, 0.6) is 0 Å². The van der Waals surface area contributed by atoms with Crippen molar-refractivity contribution in [3.8, 4) is 0 Å². The molecule has 0 bridgehead atoms. The number of carbonyl (C=O) groups is 2. The number of carbonyl (C=O) groups excluding carboxylic acids is 2. The highest BCUT2D eigenvalue weighted by atomic mass is 19.1. The second kappa shape index (κ2) is 6.92. The summed E-state index contributed by atoms with van der Waals surface area (Å²) < 4.78 is 24.5. The van der Waals surface area contributed by atoms with E-state index in [-0.39, 0.29) is 11.3 Å². The van der Waals surface area contributed by atoms with Crippen LogP contribution in [-0.4, -0.2) is 31.3 Å². The quantitative estimate of drug-likeness (QED) is 0.878. The highest BCUT2D eigenvalue weighted by molar-refractivity contribution is 6.16. The van der Waals surface area contributed by atoms with Crippen LogP contribution in [0.3, 0.4) is 0 Å². The lowest BCUT2D eigenvalue weighted by Gasteiger charge is -2.34. The fraction of sp³-hybridized carbons (Fsp3) is 0.286. The van der Waals surface area contributed by atoms with Gasteiger partial charge in [0.25, 0.3) is 11.8 Å². The minimum Gasteiger partial charge on any atom is -0.348 e. The molecule has 4 rings (SSSR count). The highest BCUT2D eigenvalue weighted by Crippen LogP contribution is 2.27. The van der Waals surface area contributed by atoms with Crippen LogP contribution in [0.4, 0.5) is 10.1 Å². The molecule has 0 spiro atoms. The average Bonchev–Trinajstić information content (AvgIpc) is 2.98. The minimum absolute atomic E-state index is 0.121. The molecule has 0 atom stereocenters. The number of amides is 2. The van der Waals surface area contributed by atoms with E-state index in [9.17, 15) is 14.0 Å². The number of halogens is 1. The molecule has 28 heavy (non-hydrogen) atoms. The molecule has 2 aliphatic heterocycles. The van der Waals surface area contributed by atoms with Gasteiger partial charge in [0.05, 0.1) is 24.1 Å². The summed E-state index contributed by atoms with van der Waals surface area (Å²) in [6.07, 6.45) is -0.784. The Kier molecular flexibility index (Phi) is 4.56. The third-order valence-electron chi connectivity index (χ3n) is 4.59. The van der Waals surface area contributed by atoms with Crippen molar-refractivity contribution in [2.24, 2.45) is 10.4 Å². The van der Waals surface area contributed by atoms with Gasteiger partial charge in [-0.3, -0.25) is 9.59 Å². The predicted molar refractivity (Wildman–Crippen MR) is 99.5 cm³/mol. The smallest absolute Gasteiger partial charge is 0.279 e. The Morgan fingerprint density at radius 2 is 1.82 bits per heavy atom. The van der Waals surface area contributed by atoms with Gasteiger partial charge in [0, 0.05) is 21.9 Å². The second-order valence-electron chi connectivity index (χ2n) is 7.64. The zero-order valence-electron chi connectivity index (χ0n) is 15.5. The van der Waals surface area contributed by atoms with E-state index in [4.69, 9.17) is 9.47 Å². The lowest BCUT2D eigenvalue weighted by molar-refractivity contribution is -0.193. The number of hydrogen-bond donors (Lipinski definition) is 1. The van der Waals surface area contributed by atoms with Crippen LogP contribution in [0.2, 0.25) is 0 Å². The Labute approximate surface area is 160 Å². The van der Waals surface area contributed by atoms with E-state index in [0.717, 1.165) is 0 Å². The lowest BCUT2D eigenvalue weighted by atomic mass is 9.95. The first kappa shape index (κ1) is 18.5. The van der Waals surface area contributed by atoms with Crippen molar-refractivity contribution >= 4 is 23.1 Å². The van der Waals surface area contributed by atoms with Gasteiger partial charge in [-0.1, -0.05) is 13.8 Å². The molecule has 1 saturated heterocycles. The summed E-state index contributed by atoms with van der Waals surface area (Å²) in [7, 11) is 0. The van der Waals surface area contributed by atoms with Crippen molar-refractivity contribution in [3.63, 3.8) is 0 Å². The van der Waals surface area contributed by atoms with Gasteiger partial charge in [0.15, 0.2) is 6.29 Å². The molecule has 0 aromatic heterocycles. The van der Waals surface area contributed by atoms with Crippen molar-refractivity contribution in [3.05, 3.63) is 64.4 Å². The Hall–Kier alpha value is -2.90. The van der Waals surface area contributed by atoms with Gasteiger partial charge in [-0.2, -0.15) is 0 Å². The van der Waals surface area contributed by atoms with Crippen LogP contribution in [0.15, 0.2) is 47.5 Å². The third-order valence-corrected chi connectivity index (χ3v) is 4.59. The second-order valence-corrected chi connectivity index (χ2v) is 7.64. The zero-order valence-corrected chi connectivity index (χ0v) is 15.5. The molecule has 2 heterocycles. The van der Waals surface area contributed by atoms with E-state index in [0.29, 0.717) is 40.6 Å². The van der Waals surface area contributed by atoms with E-state index in [1.54, 1.807) is 18.2 Å². The number of hydrogen-bond acceptors (Lipinski definition) is 4. The van der Waals surface area contributed by atoms with E-state index >= 15 is 0 Å². The average molecular weight is 382 g/mol. The summed E-state index contributed by atoms with van der Waals surface area (Å²) in [5, 5.41) is 3.84. The third kappa shape index (κ3) is 3.58. The molecule has 144 valence electrons. The molecule has 2 aromatic rings. The fourth-order valence-electron chi connectivity index (χ4n) is 3.10. The summed E-state index contributed by atoms with van der Waals surface area (Å²) in [6.45, 7) is 4.97. The van der Waals surface area contributed by atoms with Crippen molar-refractivity contribution in [2.75, 3.05) is 18.5 Å². The number of benzene rings is 2. The SMILES string of the molecule is CC1(C)COC(C2=c3cc(NC(=O)c4ccc(F)cc4)ccc3=NC2=O)OC1. The van der Waals surface area contributed by atoms with Crippen LogP contribution >= 0.6 is 0 Å². The molecule has 7 heteroatoms. The number of fused-ring (bicyclic) bond motifs is 1.